The Bertz CT molecular complexity index is 1350. The van der Waals surface area contributed by atoms with Crippen molar-refractivity contribution >= 4 is 25.7 Å². The molecular formula is C26H24BFN4O3. The van der Waals surface area contributed by atoms with Crippen LogP contribution in [-0.4, -0.2) is 48.1 Å². The predicted octanol–water partition coefficient (Wildman–Crippen LogP) is 3.30. The average Bonchev–Trinajstić information content (AvgIpc) is 3.62. The Balaban J connectivity index is 1.51. The number of nitrogens with two attached hydrogens (primary N) is 1. The molecule has 3 N–H and O–H groups in total. The summed E-state index contributed by atoms with van der Waals surface area (Å²) in [6, 6.07) is 9.94. The lowest BCUT2D eigenvalue weighted by atomic mass is 9.86. The summed E-state index contributed by atoms with van der Waals surface area (Å²) in [7, 11) is 7.69. The molecular weight excluding hydrogens is 446 g/mol. The number of hydrogen-bond acceptors (Lipinski definition) is 6. The second kappa shape index (κ2) is 8.50. The lowest BCUT2D eigenvalue weighted by Crippen LogP contribution is -2.44. The third-order valence-corrected chi connectivity index (χ3v) is 6.41. The zero-order valence-corrected chi connectivity index (χ0v) is 19.5. The van der Waals surface area contributed by atoms with Crippen LogP contribution < -0.4 is 10.5 Å². The van der Waals surface area contributed by atoms with E-state index in [2.05, 4.69) is 9.98 Å². The van der Waals surface area contributed by atoms with Crippen molar-refractivity contribution in [1.29, 1.82) is 0 Å². The highest BCUT2D eigenvalue weighted by Gasteiger charge is 2.45. The molecule has 5 rings (SSSR count). The van der Waals surface area contributed by atoms with Crippen molar-refractivity contribution in [3.8, 4) is 16.9 Å². The third kappa shape index (κ3) is 3.95. The predicted molar refractivity (Wildman–Crippen MR) is 132 cm³/mol. The molecule has 1 saturated carbocycles. The molecule has 9 heteroatoms. The lowest BCUT2D eigenvalue weighted by Gasteiger charge is -2.31. The number of aryl methyl sites for hydroxylation is 1. The number of hydrogen-bond donors (Lipinski definition) is 2. The Morgan fingerprint density at radius 1 is 1.34 bits per heavy atom. The van der Waals surface area contributed by atoms with E-state index in [4.69, 9.17) is 18.3 Å². The Morgan fingerprint density at radius 3 is 2.77 bits per heavy atom. The lowest BCUT2D eigenvalue weighted by molar-refractivity contribution is -0.0228. The molecule has 1 atom stereocenters. The molecule has 176 valence electrons. The Hall–Kier alpha value is -3.72. The van der Waals surface area contributed by atoms with Gasteiger partial charge in [0.05, 0.1) is 29.6 Å². The number of benzene rings is 2. The number of halogens is 1. The fourth-order valence-corrected chi connectivity index (χ4v) is 4.38. The summed E-state index contributed by atoms with van der Waals surface area (Å²) in [5.74, 6) is -0.465. The van der Waals surface area contributed by atoms with E-state index in [9.17, 15) is 9.90 Å². The number of nitrogen functional groups attached to an aromatic ring is 1. The van der Waals surface area contributed by atoms with E-state index >= 15 is 4.39 Å². The quantitative estimate of drug-likeness (QED) is 0.327. The highest BCUT2D eigenvalue weighted by atomic mass is 19.1. The molecule has 1 aliphatic heterocycles. The monoisotopic (exact) mass is 470 g/mol. The standard InChI is InChI=1S/C26H24BFN4O3/c1-14-10-15(17-7-8-22(35-16-5-6-16)23(29)19(17)12-30-2)11-21(28)20(14)13-32-25(33)18-4-3-9-31-24(18)26(32,27)34/h3-4,7-12,16,34H,5-6,13,29H2,1-2H3. The zero-order chi connectivity index (χ0) is 24.9. The number of nitrogens with zero attached hydrogens (tertiary/aromatic N) is 3. The van der Waals surface area contributed by atoms with Crippen molar-refractivity contribution in [2.24, 2.45) is 4.99 Å². The van der Waals surface area contributed by atoms with Gasteiger partial charge in [-0.15, -0.1) is 0 Å². The molecule has 0 saturated heterocycles. The molecule has 1 amide bonds. The highest BCUT2D eigenvalue weighted by Crippen LogP contribution is 2.39. The van der Waals surface area contributed by atoms with Gasteiger partial charge in [0.1, 0.15) is 17.2 Å². The molecule has 0 spiro atoms. The van der Waals surface area contributed by atoms with Crippen LogP contribution in [0.25, 0.3) is 11.1 Å². The van der Waals surface area contributed by atoms with Crippen LogP contribution in [0.1, 0.15) is 45.6 Å². The molecule has 1 unspecified atom stereocenters. The summed E-state index contributed by atoms with van der Waals surface area (Å²) in [4.78, 5) is 22.1. The minimum Gasteiger partial charge on any atom is -0.488 e. The smallest absolute Gasteiger partial charge is 0.258 e. The molecule has 2 aromatic carbocycles. The van der Waals surface area contributed by atoms with Gasteiger partial charge < -0.3 is 20.5 Å². The Kier molecular flexibility index (Phi) is 5.60. The summed E-state index contributed by atoms with van der Waals surface area (Å²) in [6.07, 6.45) is 5.26. The van der Waals surface area contributed by atoms with E-state index in [0.717, 1.165) is 17.7 Å². The molecule has 1 fully saturated rings. The maximum absolute atomic E-state index is 15.5. The van der Waals surface area contributed by atoms with E-state index in [-0.39, 0.29) is 29.5 Å². The molecule has 1 aromatic heterocycles. The van der Waals surface area contributed by atoms with Gasteiger partial charge in [-0.2, -0.15) is 0 Å². The summed E-state index contributed by atoms with van der Waals surface area (Å²) in [5, 5.41) is 10.8. The number of aliphatic hydroxyl groups is 1. The fraction of sp³-hybridized carbons (Fsp3) is 0.269. The van der Waals surface area contributed by atoms with E-state index in [0.29, 0.717) is 33.7 Å². The van der Waals surface area contributed by atoms with Gasteiger partial charge in [0.2, 0.25) is 0 Å². The maximum atomic E-state index is 15.5. The van der Waals surface area contributed by atoms with Crippen molar-refractivity contribution in [1.82, 2.24) is 9.88 Å². The van der Waals surface area contributed by atoms with Crippen LogP contribution in [0, 0.1) is 12.7 Å². The fourth-order valence-electron chi connectivity index (χ4n) is 4.38. The summed E-state index contributed by atoms with van der Waals surface area (Å²) < 4.78 is 21.4. The normalized spacial score (nSPS) is 19.4. The van der Waals surface area contributed by atoms with Crippen LogP contribution in [0.2, 0.25) is 0 Å². The highest BCUT2D eigenvalue weighted by molar-refractivity contribution is 6.19. The first kappa shape index (κ1) is 23.0. The summed E-state index contributed by atoms with van der Waals surface area (Å²) in [5.41, 5.74) is 7.71. The minimum atomic E-state index is -2.14. The molecule has 1 aliphatic carbocycles. The number of carbonyl (C=O) groups excluding carboxylic acids is 1. The van der Waals surface area contributed by atoms with Crippen molar-refractivity contribution in [2.75, 3.05) is 12.8 Å². The van der Waals surface area contributed by atoms with E-state index in [1.807, 2.05) is 12.1 Å². The molecule has 0 bridgehead atoms. The van der Waals surface area contributed by atoms with Crippen molar-refractivity contribution < 1.29 is 19.0 Å². The second-order valence-corrected chi connectivity index (χ2v) is 8.91. The van der Waals surface area contributed by atoms with Crippen molar-refractivity contribution in [3.63, 3.8) is 0 Å². The summed E-state index contributed by atoms with van der Waals surface area (Å²) >= 11 is 0. The molecule has 2 aliphatic rings. The number of aliphatic imine (C=N–C) groups is 1. The largest absolute Gasteiger partial charge is 0.488 e. The average molecular weight is 470 g/mol. The number of anilines is 1. The first-order chi connectivity index (χ1) is 16.7. The van der Waals surface area contributed by atoms with Gasteiger partial charge in [0.25, 0.3) is 5.91 Å². The summed E-state index contributed by atoms with van der Waals surface area (Å²) in [6.45, 7) is 1.52. The number of amides is 1. The van der Waals surface area contributed by atoms with E-state index in [1.165, 1.54) is 18.3 Å². The van der Waals surface area contributed by atoms with Crippen LogP contribution in [0.15, 0.2) is 47.6 Å². The zero-order valence-electron chi connectivity index (χ0n) is 19.5. The first-order valence-corrected chi connectivity index (χ1v) is 11.3. The number of pyridine rings is 1. The molecule has 3 aromatic rings. The van der Waals surface area contributed by atoms with Gasteiger partial charge in [-0.05, 0) is 66.8 Å². The number of rotatable bonds is 6. The number of ether oxygens (including phenoxy) is 1. The first-order valence-electron chi connectivity index (χ1n) is 11.3. The van der Waals surface area contributed by atoms with Gasteiger partial charge >= 0.3 is 0 Å². The van der Waals surface area contributed by atoms with Crippen LogP contribution in [0.3, 0.4) is 0 Å². The van der Waals surface area contributed by atoms with Gasteiger partial charge in [-0.1, -0.05) is 6.07 Å². The van der Waals surface area contributed by atoms with Crippen LogP contribution in [0.4, 0.5) is 10.1 Å². The van der Waals surface area contributed by atoms with E-state index in [1.54, 1.807) is 32.3 Å². The molecule has 2 heterocycles. The SMILES string of the molecule is [B]C1(O)c2ncccc2C(=O)N1Cc1c(C)cc(-c2ccc(OC3CC3)c(N)c2C=NC)cc1F. The Morgan fingerprint density at radius 2 is 2.11 bits per heavy atom. The van der Waals surface area contributed by atoms with Gasteiger partial charge in [0, 0.05) is 30.6 Å². The second-order valence-electron chi connectivity index (χ2n) is 8.91. The topological polar surface area (TPSA) is 101 Å². The number of carbonyl (C=O) groups is 1. The number of fused-ring (bicyclic) bond motifs is 1. The van der Waals surface area contributed by atoms with Crippen molar-refractivity contribution in [3.05, 3.63) is 76.4 Å². The van der Waals surface area contributed by atoms with Crippen LogP contribution in [-0.2, 0) is 12.2 Å². The molecule has 7 nitrogen and oxygen atoms in total. The third-order valence-electron chi connectivity index (χ3n) is 6.41. The minimum absolute atomic E-state index is 0.0483. The van der Waals surface area contributed by atoms with Crippen LogP contribution >= 0.6 is 0 Å². The molecule has 35 heavy (non-hydrogen) atoms. The van der Waals surface area contributed by atoms with E-state index < -0.39 is 17.3 Å². The van der Waals surface area contributed by atoms with Gasteiger partial charge in [-0.25, -0.2) is 4.39 Å². The van der Waals surface area contributed by atoms with Crippen LogP contribution in [0.5, 0.6) is 5.75 Å². The van der Waals surface area contributed by atoms with Gasteiger partial charge in [-0.3, -0.25) is 14.8 Å². The number of aromatic nitrogens is 1. The Labute approximate surface area is 203 Å². The maximum Gasteiger partial charge on any atom is 0.258 e. The van der Waals surface area contributed by atoms with Crippen molar-refractivity contribution in [2.45, 2.75) is 38.0 Å². The molecule has 2 radical (unpaired) electrons. The van der Waals surface area contributed by atoms with Gasteiger partial charge in [0.15, 0.2) is 7.85 Å².